The molecule has 1 aliphatic carbocycles. The molecule has 19 heteroatoms. The van der Waals surface area contributed by atoms with Crippen LogP contribution in [0.25, 0.3) is 10.9 Å². The van der Waals surface area contributed by atoms with E-state index in [-0.39, 0.29) is 35.7 Å². The molecule has 1 saturated carbocycles. The maximum absolute atomic E-state index is 12.6. The summed E-state index contributed by atoms with van der Waals surface area (Å²) < 4.78 is 63.5. The first-order chi connectivity index (χ1) is 21.9. The summed E-state index contributed by atoms with van der Waals surface area (Å²) >= 11 is 1.47. The maximum Gasteiger partial charge on any atom is 0.490 e. The summed E-state index contributed by atoms with van der Waals surface area (Å²) in [6.07, 6.45) is -6.13. The number of carboxylic acids is 2. The molecule has 1 aliphatic rings. The minimum absolute atomic E-state index is 0.0149. The third-order valence-corrected chi connectivity index (χ3v) is 7.08. The van der Waals surface area contributed by atoms with Crippen LogP contribution in [0.2, 0.25) is 0 Å². The molecule has 47 heavy (non-hydrogen) atoms. The fraction of sp³-hybridized carbons (Fsp3) is 0.357. The molecule has 1 aromatic heterocycles. The van der Waals surface area contributed by atoms with Gasteiger partial charge in [0, 0.05) is 10.3 Å². The van der Waals surface area contributed by atoms with Gasteiger partial charge in [0.15, 0.2) is 5.96 Å². The number of amides is 1. The molecule has 1 heterocycles. The van der Waals surface area contributed by atoms with Crippen molar-refractivity contribution >= 4 is 58.2 Å². The molecule has 0 aliphatic heterocycles. The van der Waals surface area contributed by atoms with Crippen LogP contribution in [0, 0.1) is 6.92 Å². The van der Waals surface area contributed by atoms with E-state index in [2.05, 4.69) is 25.6 Å². The zero-order chi connectivity index (χ0) is 35.4. The molecule has 256 valence electrons. The molecule has 4 rings (SSSR count). The van der Waals surface area contributed by atoms with E-state index < -0.39 is 24.3 Å². The number of carbonyl (C=O) groups excluding carboxylic acids is 1. The monoisotopic (exact) mass is 691 g/mol. The van der Waals surface area contributed by atoms with Crippen LogP contribution in [-0.2, 0) is 14.4 Å². The summed E-state index contributed by atoms with van der Waals surface area (Å²) in [5.74, 6) is -4.34. The van der Waals surface area contributed by atoms with E-state index in [0.29, 0.717) is 5.82 Å². The number of hydrogen-bond donors (Lipinski definition) is 6. The Balaban J connectivity index is 0.000000459. The quantitative estimate of drug-likeness (QED) is 0.0848. The van der Waals surface area contributed by atoms with E-state index in [4.69, 9.17) is 31.3 Å². The van der Waals surface area contributed by atoms with Crippen LogP contribution >= 0.6 is 11.8 Å². The van der Waals surface area contributed by atoms with E-state index in [0.717, 1.165) is 47.0 Å². The predicted octanol–water partition coefficient (Wildman–Crippen LogP) is 4.93. The summed E-state index contributed by atoms with van der Waals surface area (Å²) in [6.45, 7) is 2.03. The number of hydrogen-bond acceptors (Lipinski definition) is 8. The van der Waals surface area contributed by atoms with Gasteiger partial charge in [-0.1, -0.05) is 42.7 Å². The zero-order valence-corrected chi connectivity index (χ0v) is 25.4. The third kappa shape index (κ3) is 13.6. The molecule has 3 aromatic rings. The van der Waals surface area contributed by atoms with Gasteiger partial charge in [-0.2, -0.15) is 31.3 Å². The first-order valence-electron chi connectivity index (χ1n) is 13.6. The lowest BCUT2D eigenvalue weighted by molar-refractivity contribution is -0.193. The number of halogens is 6. The summed E-state index contributed by atoms with van der Waals surface area (Å²) in [4.78, 5) is 45.1. The number of aliphatic imine (C=N–C) groups is 1. The molecule has 2 aromatic carbocycles. The van der Waals surface area contributed by atoms with E-state index in [1.807, 2.05) is 55.5 Å². The fourth-order valence-corrected chi connectivity index (χ4v) is 4.76. The normalized spacial score (nSPS) is 16.0. The second kappa shape index (κ2) is 17.2. The van der Waals surface area contributed by atoms with Gasteiger partial charge in [0.25, 0.3) is 0 Å². The summed E-state index contributed by atoms with van der Waals surface area (Å²) in [5.41, 5.74) is 13.2. The van der Waals surface area contributed by atoms with Gasteiger partial charge >= 0.3 is 24.3 Å². The molecule has 1 fully saturated rings. The Bertz CT molecular complexity index is 1530. The molecule has 8 N–H and O–H groups in total. The number of alkyl halides is 6. The van der Waals surface area contributed by atoms with E-state index in [1.165, 1.54) is 11.8 Å². The molecule has 0 saturated heterocycles. The number of rotatable bonds is 7. The number of thioether (sulfide) groups is 1. The van der Waals surface area contributed by atoms with Crippen molar-refractivity contribution in [3.05, 3.63) is 54.1 Å². The zero-order valence-electron chi connectivity index (χ0n) is 24.6. The van der Waals surface area contributed by atoms with Crippen molar-refractivity contribution < 1.29 is 50.9 Å². The Morgan fingerprint density at radius 3 is 2.06 bits per heavy atom. The Kier molecular flexibility index (Phi) is 14.0. The van der Waals surface area contributed by atoms with E-state index >= 15 is 0 Å². The lowest BCUT2D eigenvalue weighted by Gasteiger charge is -2.30. The number of aryl methyl sites for hydroxylation is 1. The smallest absolute Gasteiger partial charge is 0.475 e. The minimum atomic E-state index is -5.08. The van der Waals surface area contributed by atoms with Gasteiger partial charge in [0.2, 0.25) is 11.9 Å². The molecule has 2 unspecified atom stereocenters. The molecule has 0 spiro atoms. The number of carbonyl (C=O) groups is 3. The van der Waals surface area contributed by atoms with Gasteiger partial charge < -0.3 is 27.0 Å². The first kappa shape index (κ1) is 38.4. The molecule has 12 nitrogen and oxygen atoms in total. The number of nitrogens with two attached hydrogens (primary N) is 2. The Hall–Kier alpha value is -4.81. The molecular weight excluding hydrogens is 660 g/mol. The van der Waals surface area contributed by atoms with E-state index in [9.17, 15) is 31.1 Å². The van der Waals surface area contributed by atoms with Crippen molar-refractivity contribution in [2.45, 2.75) is 61.9 Å². The van der Waals surface area contributed by atoms with Crippen LogP contribution < -0.4 is 22.1 Å². The average Bonchev–Trinajstić information content (AvgIpc) is 2.97. The third-order valence-electron chi connectivity index (χ3n) is 6.07. The van der Waals surface area contributed by atoms with Crippen LogP contribution in [0.5, 0.6) is 0 Å². The van der Waals surface area contributed by atoms with Crippen molar-refractivity contribution in [2.24, 2.45) is 16.5 Å². The standard InChI is InChI=1S/C24H29N7OS.2C2HF3O2/c1-15-11-12-18-17(13-15)22(27-19-9-5-6-10-20(19)28-23(25)26)31-24(29-18)30-21(32)14-33-16-7-3-2-4-8-16;2*3-2(4,5)1(6)7/h2-4,7-8,11-13,19-20H,5-6,9-10,14H2,1H3,(H4,25,26,28)(H2,27,29,30,31,32);2*(H,6,7). The summed E-state index contributed by atoms with van der Waals surface area (Å²) in [7, 11) is 0. The summed E-state index contributed by atoms with van der Waals surface area (Å²) in [5, 5.41) is 21.6. The molecule has 0 bridgehead atoms. The highest BCUT2D eigenvalue weighted by Crippen LogP contribution is 2.29. The van der Waals surface area contributed by atoms with Crippen molar-refractivity contribution in [1.82, 2.24) is 9.97 Å². The molecule has 0 radical (unpaired) electrons. The van der Waals surface area contributed by atoms with Crippen molar-refractivity contribution in [1.29, 1.82) is 0 Å². The summed E-state index contributed by atoms with van der Waals surface area (Å²) in [6, 6.07) is 15.8. The SMILES string of the molecule is Cc1ccc2nc(NC(=O)CSc3ccccc3)nc(NC3CCCCC3N=C(N)N)c2c1.O=C(O)C(F)(F)F.O=C(O)C(F)(F)F. The average molecular weight is 692 g/mol. The number of nitrogens with zero attached hydrogens (tertiary/aromatic N) is 3. The van der Waals surface area contributed by atoms with Gasteiger partial charge in [-0.05, 0) is 44.0 Å². The Labute approximate surface area is 268 Å². The molecule has 2 atom stereocenters. The number of aromatic nitrogens is 2. The number of carboxylic acid groups (broad SMARTS) is 2. The van der Waals surface area contributed by atoms with E-state index in [1.54, 1.807) is 0 Å². The lowest BCUT2D eigenvalue weighted by Crippen LogP contribution is -2.38. The molecular formula is C28H31F6N7O5S. The highest BCUT2D eigenvalue weighted by Gasteiger charge is 2.39. The number of aliphatic carboxylic acids is 2. The minimum Gasteiger partial charge on any atom is -0.475 e. The van der Waals surface area contributed by atoms with Crippen LogP contribution in [0.1, 0.15) is 31.2 Å². The van der Waals surface area contributed by atoms with Crippen LogP contribution in [0.3, 0.4) is 0 Å². The highest BCUT2D eigenvalue weighted by molar-refractivity contribution is 8.00. The number of benzene rings is 2. The lowest BCUT2D eigenvalue weighted by atomic mass is 9.90. The topological polar surface area (TPSA) is 206 Å². The van der Waals surface area contributed by atoms with Gasteiger partial charge in [-0.3, -0.25) is 10.1 Å². The van der Waals surface area contributed by atoms with Crippen molar-refractivity contribution in [3.63, 3.8) is 0 Å². The van der Waals surface area contributed by atoms with Crippen LogP contribution in [0.15, 0.2) is 58.4 Å². The van der Waals surface area contributed by atoms with Crippen LogP contribution in [-0.4, -0.2) is 74.2 Å². The number of anilines is 2. The maximum atomic E-state index is 12.6. The second-order valence-corrected chi connectivity index (χ2v) is 10.9. The Morgan fingerprint density at radius 1 is 0.936 bits per heavy atom. The van der Waals surface area contributed by atoms with Crippen molar-refractivity contribution in [2.75, 3.05) is 16.4 Å². The number of nitrogens with one attached hydrogen (secondary N) is 2. The number of fused-ring (bicyclic) bond motifs is 1. The largest absolute Gasteiger partial charge is 0.490 e. The first-order valence-corrected chi connectivity index (χ1v) is 14.6. The van der Waals surface area contributed by atoms with Gasteiger partial charge in [-0.15, -0.1) is 11.8 Å². The predicted molar refractivity (Wildman–Crippen MR) is 163 cm³/mol. The Morgan fingerprint density at radius 2 is 1.51 bits per heavy atom. The van der Waals surface area contributed by atoms with Gasteiger partial charge in [0.1, 0.15) is 5.82 Å². The number of guanidine groups is 1. The molecule has 1 amide bonds. The van der Waals surface area contributed by atoms with Crippen molar-refractivity contribution in [3.8, 4) is 0 Å². The van der Waals surface area contributed by atoms with Crippen LogP contribution in [0.4, 0.5) is 38.1 Å². The fourth-order valence-electron chi connectivity index (χ4n) is 4.04. The van der Waals surface area contributed by atoms with Gasteiger partial charge in [0.05, 0.1) is 23.4 Å². The highest BCUT2D eigenvalue weighted by atomic mass is 32.2. The second-order valence-electron chi connectivity index (χ2n) is 9.83. The van der Waals surface area contributed by atoms with Gasteiger partial charge in [-0.25, -0.2) is 19.6 Å².